The summed E-state index contributed by atoms with van der Waals surface area (Å²) in [6.07, 6.45) is -0.232. The van der Waals surface area contributed by atoms with Crippen LogP contribution < -0.4 is 5.32 Å². The van der Waals surface area contributed by atoms with Crippen LogP contribution in [-0.4, -0.2) is 54.5 Å². The minimum Gasteiger partial charge on any atom is -0.413 e. The van der Waals surface area contributed by atoms with E-state index in [4.69, 9.17) is 16.6 Å². The summed E-state index contributed by atoms with van der Waals surface area (Å²) >= 11 is 7.02. The Labute approximate surface area is 216 Å². The van der Waals surface area contributed by atoms with E-state index in [2.05, 4.69) is 57.9 Å². The maximum absolute atomic E-state index is 13.4. The summed E-state index contributed by atoms with van der Waals surface area (Å²) in [5.74, 6) is -0.686. The van der Waals surface area contributed by atoms with Crippen molar-refractivity contribution in [1.29, 1.82) is 0 Å². The molecule has 4 atom stereocenters. The van der Waals surface area contributed by atoms with Gasteiger partial charge < -0.3 is 14.6 Å². The van der Waals surface area contributed by atoms with Crippen LogP contribution in [-0.2, 0) is 14.0 Å². The number of carbonyl (C=O) groups excluding carboxylic acids is 2. The summed E-state index contributed by atoms with van der Waals surface area (Å²) < 4.78 is 6.51. The summed E-state index contributed by atoms with van der Waals surface area (Å²) in [5.41, 5.74) is 1.95. The lowest BCUT2D eigenvalue weighted by Crippen LogP contribution is -2.66. The second kappa shape index (κ2) is 11.2. The van der Waals surface area contributed by atoms with Crippen molar-refractivity contribution in [2.24, 2.45) is 11.8 Å². The lowest BCUT2D eigenvalue weighted by atomic mass is 9.79. The average Bonchev–Trinajstić information content (AvgIpc) is 2.72. The van der Waals surface area contributed by atoms with Gasteiger partial charge in [-0.2, -0.15) is 0 Å². The molecule has 0 aliphatic carbocycles. The molecule has 1 fully saturated rings. The highest BCUT2D eigenvalue weighted by Gasteiger charge is 2.50. The third-order valence-corrected chi connectivity index (χ3v) is 13.8. The van der Waals surface area contributed by atoms with E-state index in [-0.39, 0.29) is 40.0 Å². The minimum atomic E-state index is -2.03. The third-order valence-electron chi connectivity index (χ3n) is 7.40. The van der Waals surface area contributed by atoms with Gasteiger partial charge in [0.2, 0.25) is 5.91 Å². The SMILES string of the molecule is CCN(CC)C(=S)c1cccc(C)c1SC(=O)[C@H](C)[C@H]1NC(=O)[C@@H]1[C@@H](C)O[Si](C)(C)C(C)(C)C. The van der Waals surface area contributed by atoms with Crippen molar-refractivity contribution >= 4 is 48.3 Å². The molecule has 34 heavy (non-hydrogen) atoms. The summed E-state index contributed by atoms with van der Waals surface area (Å²) in [6, 6.07) is 5.77. The Morgan fingerprint density at radius 3 is 2.32 bits per heavy atom. The molecule has 1 saturated heterocycles. The number of hydrogen-bond donors (Lipinski definition) is 1. The maximum Gasteiger partial charge on any atom is 0.228 e. The second-order valence-electron chi connectivity index (χ2n) is 10.8. The maximum atomic E-state index is 13.4. The smallest absolute Gasteiger partial charge is 0.228 e. The first-order valence-electron chi connectivity index (χ1n) is 12.2. The third kappa shape index (κ3) is 6.12. The van der Waals surface area contributed by atoms with Crippen molar-refractivity contribution in [3.63, 3.8) is 0 Å². The number of hydrogen-bond acceptors (Lipinski definition) is 5. The lowest BCUT2D eigenvalue weighted by molar-refractivity contribution is -0.143. The second-order valence-corrected chi connectivity index (χ2v) is 16.9. The number of nitrogens with one attached hydrogen (secondary N) is 1. The van der Waals surface area contributed by atoms with Crippen molar-refractivity contribution in [3.05, 3.63) is 29.3 Å². The van der Waals surface area contributed by atoms with E-state index in [9.17, 15) is 9.59 Å². The van der Waals surface area contributed by atoms with Gasteiger partial charge in [-0.1, -0.05) is 69.9 Å². The summed E-state index contributed by atoms with van der Waals surface area (Å²) in [7, 11) is -2.03. The molecule has 8 heteroatoms. The Hall–Kier alpha value is -1.22. The molecular weight excluding hydrogens is 481 g/mol. The Morgan fingerprint density at radius 2 is 1.82 bits per heavy atom. The van der Waals surface area contributed by atoms with Gasteiger partial charge in [-0.3, -0.25) is 9.59 Å². The van der Waals surface area contributed by atoms with E-state index in [1.165, 1.54) is 11.8 Å². The monoisotopic (exact) mass is 522 g/mol. The molecular formula is C26H42N2O3S2Si. The number of thiocarbonyl (C=S) groups is 1. The van der Waals surface area contributed by atoms with Gasteiger partial charge in [0.15, 0.2) is 13.4 Å². The molecule has 1 aromatic carbocycles. The molecule has 1 aliphatic rings. The predicted octanol–water partition coefficient (Wildman–Crippen LogP) is 5.79. The minimum absolute atomic E-state index is 0.0276. The van der Waals surface area contributed by atoms with Crippen molar-refractivity contribution in [2.75, 3.05) is 13.1 Å². The fourth-order valence-electron chi connectivity index (χ4n) is 4.05. The number of carbonyl (C=O) groups is 2. The van der Waals surface area contributed by atoms with Crippen LogP contribution in [0.3, 0.4) is 0 Å². The molecule has 1 aromatic rings. The van der Waals surface area contributed by atoms with Crippen molar-refractivity contribution < 1.29 is 14.0 Å². The predicted molar refractivity (Wildman–Crippen MR) is 149 cm³/mol. The molecule has 2 rings (SSSR count). The molecule has 0 aromatic heterocycles. The number of aryl methyl sites for hydroxylation is 1. The number of β-lactam (4-membered cyclic amide) rings is 1. The van der Waals surface area contributed by atoms with Gasteiger partial charge in [0.1, 0.15) is 4.99 Å². The Morgan fingerprint density at radius 1 is 1.24 bits per heavy atom. The Bertz CT molecular complexity index is 925. The highest BCUT2D eigenvalue weighted by atomic mass is 32.2. The molecule has 0 radical (unpaired) electrons. The highest BCUT2D eigenvalue weighted by Crippen LogP contribution is 2.40. The summed E-state index contributed by atoms with van der Waals surface area (Å²) in [4.78, 5) is 29.8. The Balaban J connectivity index is 2.21. The van der Waals surface area contributed by atoms with Gasteiger partial charge in [-0.05, 0) is 51.4 Å². The molecule has 0 unspecified atom stereocenters. The van der Waals surface area contributed by atoms with E-state index in [0.717, 1.165) is 34.1 Å². The zero-order valence-corrected chi connectivity index (χ0v) is 25.1. The molecule has 5 nitrogen and oxygen atoms in total. The van der Waals surface area contributed by atoms with Gasteiger partial charge >= 0.3 is 0 Å². The number of amides is 1. The zero-order chi connectivity index (χ0) is 26.0. The van der Waals surface area contributed by atoms with Crippen LogP contribution in [0.4, 0.5) is 0 Å². The van der Waals surface area contributed by atoms with E-state index in [1.54, 1.807) is 0 Å². The largest absolute Gasteiger partial charge is 0.413 e. The van der Waals surface area contributed by atoms with Crippen LogP contribution in [0.5, 0.6) is 0 Å². The van der Waals surface area contributed by atoms with E-state index >= 15 is 0 Å². The van der Waals surface area contributed by atoms with Gasteiger partial charge in [0, 0.05) is 29.5 Å². The topological polar surface area (TPSA) is 58.6 Å². The van der Waals surface area contributed by atoms with Gasteiger partial charge in [0.05, 0.1) is 18.1 Å². The summed E-state index contributed by atoms with van der Waals surface area (Å²) in [6.45, 7) is 22.7. The quantitative estimate of drug-likeness (QED) is 0.192. The fourth-order valence-corrected chi connectivity index (χ4v) is 7.01. The molecule has 0 bridgehead atoms. The molecule has 1 heterocycles. The number of benzene rings is 1. The van der Waals surface area contributed by atoms with E-state index in [1.807, 2.05) is 39.0 Å². The number of thioether (sulfide) groups is 1. The van der Waals surface area contributed by atoms with Crippen molar-refractivity contribution in [3.8, 4) is 0 Å². The molecule has 1 amide bonds. The number of rotatable bonds is 9. The van der Waals surface area contributed by atoms with E-state index < -0.39 is 8.32 Å². The highest BCUT2D eigenvalue weighted by molar-refractivity contribution is 8.13. The first-order valence-corrected chi connectivity index (χ1v) is 16.4. The average molecular weight is 523 g/mol. The summed E-state index contributed by atoms with van der Waals surface area (Å²) in [5, 5.41) is 3.07. The molecule has 0 spiro atoms. The molecule has 0 saturated carbocycles. The van der Waals surface area contributed by atoms with Crippen LogP contribution in [0, 0.1) is 18.8 Å². The zero-order valence-electron chi connectivity index (χ0n) is 22.4. The van der Waals surface area contributed by atoms with Crippen LogP contribution in [0.25, 0.3) is 0 Å². The van der Waals surface area contributed by atoms with Crippen molar-refractivity contribution in [1.82, 2.24) is 10.2 Å². The fraction of sp³-hybridized carbons (Fsp3) is 0.654. The van der Waals surface area contributed by atoms with Gasteiger partial charge in [-0.15, -0.1) is 0 Å². The standard InChI is InChI=1S/C26H42N2O3S2Si/c1-11-28(12-2)24(32)19-15-13-14-16(3)22(19)33-25(30)17(4)21-20(23(29)27-21)18(5)31-34(9,10)26(6,7)8/h13-15,17-18,20-21H,11-12H2,1-10H3,(H,27,29)/t17-,18-,20-,21-/m1/s1. The molecule has 1 N–H and O–H groups in total. The van der Waals surface area contributed by atoms with Gasteiger partial charge in [0.25, 0.3) is 0 Å². The number of nitrogens with zero attached hydrogens (tertiary/aromatic N) is 1. The van der Waals surface area contributed by atoms with Crippen LogP contribution in [0.15, 0.2) is 23.1 Å². The first kappa shape index (κ1) is 29.0. The lowest BCUT2D eigenvalue weighted by Gasteiger charge is -2.46. The van der Waals surface area contributed by atoms with Crippen molar-refractivity contribution in [2.45, 2.75) is 90.6 Å². The van der Waals surface area contributed by atoms with Gasteiger partial charge in [-0.25, -0.2) is 0 Å². The van der Waals surface area contributed by atoms with Crippen LogP contribution in [0.2, 0.25) is 18.1 Å². The first-order chi connectivity index (χ1) is 15.7. The van der Waals surface area contributed by atoms with Crippen LogP contribution >= 0.6 is 24.0 Å². The molecule has 190 valence electrons. The molecule has 1 aliphatic heterocycles. The normalized spacial score (nSPS) is 20.2. The Kier molecular flexibility index (Phi) is 9.58. The van der Waals surface area contributed by atoms with Crippen LogP contribution in [0.1, 0.15) is 59.6 Å². The van der Waals surface area contributed by atoms with E-state index in [0.29, 0.717) is 0 Å².